The van der Waals surface area contributed by atoms with Gasteiger partial charge in [-0.05, 0) is 23.8 Å². The second kappa shape index (κ2) is 6.79. The number of carbonyl (C=O) groups is 2. The van der Waals surface area contributed by atoms with E-state index in [9.17, 15) is 14.7 Å². The molecule has 3 rings (SSSR count). The van der Waals surface area contributed by atoms with E-state index in [1.807, 2.05) is 42.5 Å². The number of benzene rings is 3. The second-order valence-electron chi connectivity index (χ2n) is 5.10. The van der Waals surface area contributed by atoms with Gasteiger partial charge in [0.25, 0.3) is 0 Å². The molecule has 3 aromatic rings. The summed E-state index contributed by atoms with van der Waals surface area (Å²) in [6.07, 6.45) is 0. The molecule has 0 unspecified atom stereocenters. The van der Waals surface area contributed by atoms with Crippen molar-refractivity contribution in [3.05, 3.63) is 90.0 Å². The topological polar surface area (TPSA) is 63.6 Å². The Kier molecular flexibility index (Phi) is 4.38. The van der Waals surface area contributed by atoms with E-state index in [-0.39, 0.29) is 11.1 Å². The fraction of sp³-hybridized carbons (Fsp3) is 0. The van der Waals surface area contributed by atoms with E-state index in [2.05, 4.69) is 0 Å². The summed E-state index contributed by atoms with van der Waals surface area (Å²) in [4.78, 5) is 23.7. The Morgan fingerprint density at radius 3 is 2.00 bits per heavy atom. The van der Waals surface area contributed by atoms with E-state index in [4.69, 9.17) is 4.74 Å². The van der Waals surface area contributed by atoms with Crippen LogP contribution in [0.4, 0.5) is 0 Å². The van der Waals surface area contributed by atoms with Crippen molar-refractivity contribution in [1.82, 2.24) is 0 Å². The van der Waals surface area contributed by atoms with Crippen molar-refractivity contribution < 1.29 is 19.4 Å². The molecule has 0 bridgehead atoms. The Morgan fingerprint density at radius 2 is 1.29 bits per heavy atom. The predicted octanol–water partition coefficient (Wildman–Crippen LogP) is 4.27. The maximum absolute atomic E-state index is 12.4. The Hall–Kier alpha value is -3.40. The zero-order chi connectivity index (χ0) is 16.9. The van der Waals surface area contributed by atoms with Crippen LogP contribution < -0.4 is 4.74 Å². The molecule has 0 saturated heterocycles. The van der Waals surface area contributed by atoms with Gasteiger partial charge in [-0.3, -0.25) is 0 Å². The van der Waals surface area contributed by atoms with E-state index >= 15 is 0 Å². The van der Waals surface area contributed by atoms with Crippen LogP contribution in [0.25, 0.3) is 11.1 Å². The van der Waals surface area contributed by atoms with Crippen molar-refractivity contribution >= 4 is 11.9 Å². The minimum Gasteiger partial charge on any atom is -0.478 e. The molecule has 0 aliphatic rings. The third-order valence-electron chi connectivity index (χ3n) is 3.55. The van der Waals surface area contributed by atoms with Gasteiger partial charge in [0, 0.05) is 5.56 Å². The lowest BCUT2D eigenvalue weighted by atomic mass is 10.0. The Labute approximate surface area is 139 Å². The van der Waals surface area contributed by atoms with E-state index in [0.29, 0.717) is 5.75 Å². The molecule has 0 aliphatic heterocycles. The number of para-hydroxylation sites is 1. The van der Waals surface area contributed by atoms with Crippen LogP contribution in [-0.2, 0) is 0 Å². The fourth-order valence-electron chi connectivity index (χ4n) is 2.41. The Balaban J connectivity index is 1.96. The highest BCUT2D eigenvalue weighted by molar-refractivity contribution is 6.03. The minimum absolute atomic E-state index is 0.0212. The molecule has 0 aliphatic carbocycles. The summed E-state index contributed by atoms with van der Waals surface area (Å²) in [5.41, 5.74) is 1.61. The van der Waals surface area contributed by atoms with Crippen molar-refractivity contribution in [2.24, 2.45) is 0 Å². The molecule has 0 spiro atoms. The van der Waals surface area contributed by atoms with Crippen LogP contribution in [0.5, 0.6) is 5.75 Å². The third kappa shape index (κ3) is 3.17. The van der Waals surface area contributed by atoms with Crippen LogP contribution in [0.2, 0.25) is 0 Å². The van der Waals surface area contributed by atoms with Gasteiger partial charge in [-0.2, -0.15) is 0 Å². The first kappa shape index (κ1) is 15.5. The zero-order valence-corrected chi connectivity index (χ0v) is 12.7. The van der Waals surface area contributed by atoms with Gasteiger partial charge in [0.1, 0.15) is 5.75 Å². The molecular formula is C20H14O4. The first-order valence-corrected chi connectivity index (χ1v) is 7.36. The number of esters is 1. The molecule has 0 radical (unpaired) electrons. The van der Waals surface area contributed by atoms with Gasteiger partial charge in [0.2, 0.25) is 0 Å². The summed E-state index contributed by atoms with van der Waals surface area (Å²) in [7, 11) is 0. The van der Waals surface area contributed by atoms with Gasteiger partial charge in [-0.25, -0.2) is 9.59 Å². The maximum atomic E-state index is 12.4. The van der Waals surface area contributed by atoms with Crippen molar-refractivity contribution in [3.8, 4) is 16.9 Å². The summed E-state index contributed by atoms with van der Waals surface area (Å²) in [6, 6.07) is 22.7. The van der Waals surface area contributed by atoms with Crippen LogP contribution in [0.15, 0.2) is 78.9 Å². The molecule has 0 heterocycles. The number of carbonyl (C=O) groups excluding carboxylic acids is 1. The number of rotatable bonds is 4. The molecule has 118 valence electrons. The van der Waals surface area contributed by atoms with Crippen molar-refractivity contribution in [3.63, 3.8) is 0 Å². The molecule has 4 heteroatoms. The van der Waals surface area contributed by atoms with E-state index in [1.54, 1.807) is 24.3 Å². The van der Waals surface area contributed by atoms with Crippen LogP contribution in [-0.4, -0.2) is 17.0 Å². The Morgan fingerprint density at radius 1 is 0.708 bits per heavy atom. The molecule has 1 N–H and O–H groups in total. The first-order chi connectivity index (χ1) is 11.7. The van der Waals surface area contributed by atoms with Crippen molar-refractivity contribution in [2.45, 2.75) is 0 Å². The number of ether oxygens (including phenoxy) is 1. The molecular weight excluding hydrogens is 304 g/mol. The van der Waals surface area contributed by atoms with Crippen LogP contribution >= 0.6 is 0 Å². The van der Waals surface area contributed by atoms with Gasteiger partial charge in [-0.15, -0.1) is 0 Å². The highest BCUT2D eigenvalue weighted by Crippen LogP contribution is 2.30. The molecule has 0 fully saturated rings. The number of carboxylic acid groups (broad SMARTS) is 1. The van der Waals surface area contributed by atoms with Gasteiger partial charge in [0.15, 0.2) is 0 Å². The number of carboxylic acids is 1. The molecule has 0 saturated carbocycles. The van der Waals surface area contributed by atoms with Crippen molar-refractivity contribution in [2.75, 3.05) is 0 Å². The lowest BCUT2D eigenvalue weighted by Crippen LogP contribution is -2.14. The van der Waals surface area contributed by atoms with E-state index < -0.39 is 11.9 Å². The SMILES string of the molecule is O=C(O)c1ccccc1C(=O)Oc1ccccc1-c1ccccc1. The lowest BCUT2D eigenvalue weighted by Gasteiger charge is -2.11. The number of hydrogen-bond donors (Lipinski definition) is 1. The van der Waals surface area contributed by atoms with Crippen molar-refractivity contribution in [1.29, 1.82) is 0 Å². The number of aromatic carboxylic acids is 1. The summed E-state index contributed by atoms with van der Waals surface area (Å²) >= 11 is 0. The average Bonchev–Trinajstić information content (AvgIpc) is 2.63. The smallest absolute Gasteiger partial charge is 0.344 e. The molecule has 0 aromatic heterocycles. The molecule has 4 nitrogen and oxygen atoms in total. The predicted molar refractivity (Wildman–Crippen MR) is 90.2 cm³/mol. The van der Waals surface area contributed by atoms with Crippen LogP contribution in [0.3, 0.4) is 0 Å². The minimum atomic E-state index is -1.17. The van der Waals surface area contributed by atoms with Crippen LogP contribution in [0, 0.1) is 0 Å². The standard InChI is InChI=1S/C20H14O4/c21-19(22)16-11-4-5-12-17(16)20(23)24-18-13-7-6-10-15(18)14-8-2-1-3-9-14/h1-13H,(H,21,22). The Bertz CT molecular complexity index is 885. The number of hydrogen-bond acceptors (Lipinski definition) is 3. The summed E-state index contributed by atoms with van der Waals surface area (Å²) in [5.74, 6) is -1.48. The molecule has 24 heavy (non-hydrogen) atoms. The van der Waals surface area contributed by atoms with E-state index in [0.717, 1.165) is 11.1 Å². The monoisotopic (exact) mass is 318 g/mol. The van der Waals surface area contributed by atoms with E-state index in [1.165, 1.54) is 12.1 Å². The zero-order valence-electron chi connectivity index (χ0n) is 12.7. The molecule has 0 amide bonds. The normalized spacial score (nSPS) is 10.2. The second-order valence-corrected chi connectivity index (χ2v) is 5.10. The van der Waals surface area contributed by atoms with Gasteiger partial charge in [-0.1, -0.05) is 60.7 Å². The summed E-state index contributed by atoms with van der Waals surface area (Å²) < 4.78 is 5.47. The highest BCUT2D eigenvalue weighted by atomic mass is 16.5. The quantitative estimate of drug-likeness (QED) is 0.576. The summed E-state index contributed by atoms with van der Waals surface area (Å²) in [5, 5.41) is 9.21. The maximum Gasteiger partial charge on any atom is 0.344 e. The fourth-order valence-corrected chi connectivity index (χ4v) is 2.41. The average molecular weight is 318 g/mol. The first-order valence-electron chi connectivity index (χ1n) is 7.36. The highest BCUT2D eigenvalue weighted by Gasteiger charge is 2.19. The molecule has 0 atom stereocenters. The third-order valence-corrected chi connectivity index (χ3v) is 3.55. The van der Waals surface area contributed by atoms with Gasteiger partial charge in [0.05, 0.1) is 11.1 Å². The largest absolute Gasteiger partial charge is 0.478 e. The lowest BCUT2D eigenvalue weighted by molar-refractivity contribution is 0.0668. The van der Waals surface area contributed by atoms with Gasteiger partial charge < -0.3 is 9.84 Å². The summed E-state index contributed by atoms with van der Waals surface area (Å²) in [6.45, 7) is 0. The van der Waals surface area contributed by atoms with Crippen LogP contribution in [0.1, 0.15) is 20.7 Å². The van der Waals surface area contributed by atoms with Gasteiger partial charge >= 0.3 is 11.9 Å². The molecule has 3 aromatic carbocycles.